The topological polar surface area (TPSA) is 62.3 Å². The lowest BCUT2D eigenvalue weighted by Crippen LogP contribution is -2.40. The average molecular weight is 317 g/mol. The molecule has 1 aromatic carbocycles. The highest BCUT2D eigenvalue weighted by Gasteiger charge is 2.20. The van der Waals surface area contributed by atoms with E-state index >= 15 is 0 Å². The Bertz CT molecular complexity index is 640. The lowest BCUT2D eigenvalue weighted by atomic mass is 10.2. The molecule has 116 valence electrons. The van der Waals surface area contributed by atoms with E-state index in [1.165, 1.54) is 16.2 Å². The smallest absolute Gasteiger partial charge is 0.273 e. The first-order valence-electron chi connectivity index (χ1n) is 7.22. The number of rotatable bonds is 6. The van der Waals surface area contributed by atoms with Crippen molar-refractivity contribution in [1.82, 2.24) is 15.2 Å². The van der Waals surface area contributed by atoms with Crippen molar-refractivity contribution in [3.05, 3.63) is 41.4 Å². The van der Waals surface area contributed by atoms with Crippen molar-refractivity contribution >= 4 is 23.2 Å². The predicted molar refractivity (Wildman–Crippen MR) is 87.8 cm³/mol. The molecule has 0 unspecified atom stereocenters. The van der Waals surface area contributed by atoms with E-state index in [0.717, 1.165) is 10.6 Å². The van der Waals surface area contributed by atoms with Gasteiger partial charge in [0, 0.05) is 24.0 Å². The highest BCUT2D eigenvalue weighted by Crippen LogP contribution is 2.23. The summed E-state index contributed by atoms with van der Waals surface area (Å²) in [6.07, 6.45) is 0. The quantitative estimate of drug-likeness (QED) is 0.890. The van der Waals surface area contributed by atoms with Crippen molar-refractivity contribution in [1.29, 1.82) is 0 Å². The van der Waals surface area contributed by atoms with Gasteiger partial charge in [-0.25, -0.2) is 4.98 Å². The lowest BCUT2D eigenvalue weighted by Gasteiger charge is -2.18. The van der Waals surface area contributed by atoms with Crippen LogP contribution in [0, 0.1) is 0 Å². The number of carbonyl (C=O) groups excluding carboxylic acids is 2. The van der Waals surface area contributed by atoms with Crippen LogP contribution < -0.4 is 5.32 Å². The average Bonchev–Trinajstić information content (AvgIpc) is 3.03. The summed E-state index contributed by atoms with van der Waals surface area (Å²) in [7, 11) is 0. The molecule has 0 fully saturated rings. The standard InChI is InChI=1S/C16H19N3O2S/c1-3-17-14(20)10-19(4-2)16(21)13-11-22-15(18-13)12-8-6-5-7-9-12/h5-9,11H,3-4,10H2,1-2H3,(H,17,20). The van der Waals surface area contributed by atoms with Gasteiger partial charge in [0.05, 0.1) is 6.54 Å². The molecule has 0 radical (unpaired) electrons. The first kappa shape index (κ1) is 16.2. The Labute approximate surface area is 134 Å². The fourth-order valence-corrected chi connectivity index (χ4v) is 2.80. The first-order valence-corrected chi connectivity index (χ1v) is 8.10. The van der Waals surface area contributed by atoms with E-state index in [9.17, 15) is 9.59 Å². The van der Waals surface area contributed by atoms with Crippen molar-refractivity contribution in [2.24, 2.45) is 0 Å². The molecule has 0 saturated carbocycles. The van der Waals surface area contributed by atoms with E-state index in [4.69, 9.17) is 0 Å². The molecular weight excluding hydrogens is 298 g/mol. The van der Waals surface area contributed by atoms with E-state index in [0.29, 0.717) is 18.8 Å². The fraction of sp³-hybridized carbons (Fsp3) is 0.312. The van der Waals surface area contributed by atoms with Gasteiger partial charge in [0.15, 0.2) is 0 Å². The number of nitrogens with zero attached hydrogens (tertiary/aromatic N) is 2. The van der Waals surface area contributed by atoms with E-state index in [1.54, 1.807) is 5.38 Å². The van der Waals surface area contributed by atoms with Gasteiger partial charge in [0.25, 0.3) is 5.91 Å². The number of likely N-dealkylation sites (N-methyl/N-ethyl adjacent to an activating group) is 2. The summed E-state index contributed by atoms with van der Waals surface area (Å²) >= 11 is 1.43. The predicted octanol–water partition coefficient (Wildman–Crippen LogP) is 2.41. The summed E-state index contributed by atoms with van der Waals surface area (Å²) in [5, 5.41) is 5.24. The molecule has 0 aliphatic heterocycles. The number of amides is 2. The van der Waals surface area contributed by atoms with Gasteiger partial charge in [-0.3, -0.25) is 9.59 Å². The third-order valence-corrected chi connectivity index (χ3v) is 4.01. The maximum atomic E-state index is 12.5. The van der Waals surface area contributed by atoms with Crippen LogP contribution in [0.2, 0.25) is 0 Å². The Hall–Kier alpha value is -2.21. The van der Waals surface area contributed by atoms with Gasteiger partial charge in [0.2, 0.25) is 5.91 Å². The van der Waals surface area contributed by atoms with Crippen LogP contribution in [-0.2, 0) is 4.79 Å². The molecule has 2 aromatic rings. The molecule has 2 rings (SSSR count). The third-order valence-electron chi connectivity index (χ3n) is 3.12. The largest absolute Gasteiger partial charge is 0.355 e. The van der Waals surface area contributed by atoms with Crippen LogP contribution in [0.3, 0.4) is 0 Å². The summed E-state index contributed by atoms with van der Waals surface area (Å²) in [5.41, 5.74) is 1.37. The minimum absolute atomic E-state index is 0.0569. The zero-order valence-corrected chi connectivity index (χ0v) is 13.5. The molecular formula is C16H19N3O2S. The summed E-state index contributed by atoms with van der Waals surface area (Å²) in [4.78, 5) is 30.0. The van der Waals surface area contributed by atoms with Crippen molar-refractivity contribution < 1.29 is 9.59 Å². The van der Waals surface area contributed by atoms with Crippen LogP contribution in [0.15, 0.2) is 35.7 Å². The molecule has 0 aliphatic carbocycles. The Morgan fingerprint density at radius 1 is 1.23 bits per heavy atom. The van der Waals surface area contributed by atoms with Crippen LogP contribution >= 0.6 is 11.3 Å². The van der Waals surface area contributed by atoms with Gasteiger partial charge in [0.1, 0.15) is 10.7 Å². The maximum absolute atomic E-state index is 12.5. The minimum Gasteiger partial charge on any atom is -0.355 e. The van der Waals surface area contributed by atoms with Crippen molar-refractivity contribution in [2.45, 2.75) is 13.8 Å². The summed E-state index contributed by atoms with van der Waals surface area (Å²) in [5.74, 6) is -0.372. The Kier molecular flexibility index (Phi) is 5.66. The van der Waals surface area contributed by atoms with Gasteiger partial charge >= 0.3 is 0 Å². The van der Waals surface area contributed by atoms with Gasteiger partial charge in [-0.15, -0.1) is 11.3 Å². The van der Waals surface area contributed by atoms with E-state index in [1.807, 2.05) is 44.2 Å². The first-order chi connectivity index (χ1) is 10.7. The van der Waals surface area contributed by atoms with Crippen molar-refractivity contribution in [3.8, 4) is 10.6 Å². The third kappa shape index (κ3) is 3.92. The molecule has 1 aromatic heterocycles. The van der Waals surface area contributed by atoms with Gasteiger partial charge in [-0.1, -0.05) is 30.3 Å². The molecule has 0 spiro atoms. The number of benzene rings is 1. The molecule has 0 aliphatic rings. The second kappa shape index (κ2) is 7.70. The SMILES string of the molecule is CCNC(=O)CN(CC)C(=O)c1csc(-c2ccccc2)n1. The molecule has 22 heavy (non-hydrogen) atoms. The van der Waals surface area contributed by atoms with Crippen LogP contribution in [0.25, 0.3) is 10.6 Å². The van der Waals surface area contributed by atoms with Crippen LogP contribution in [0.5, 0.6) is 0 Å². The van der Waals surface area contributed by atoms with Gasteiger partial charge in [-0.2, -0.15) is 0 Å². The van der Waals surface area contributed by atoms with Crippen LogP contribution in [0.1, 0.15) is 24.3 Å². The molecule has 1 N–H and O–H groups in total. The highest BCUT2D eigenvalue weighted by molar-refractivity contribution is 7.13. The number of aromatic nitrogens is 1. The van der Waals surface area contributed by atoms with Crippen LogP contribution in [-0.4, -0.2) is 41.3 Å². The summed E-state index contributed by atoms with van der Waals surface area (Å²) in [6, 6.07) is 9.73. The highest BCUT2D eigenvalue weighted by atomic mass is 32.1. The number of thiazole rings is 1. The summed E-state index contributed by atoms with van der Waals surface area (Å²) < 4.78 is 0. The molecule has 0 bridgehead atoms. The van der Waals surface area contributed by atoms with E-state index in [-0.39, 0.29) is 18.4 Å². The lowest BCUT2D eigenvalue weighted by molar-refractivity contribution is -0.121. The molecule has 1 heterocycles. The zero-order valence-electron chi connectivity index (χ0n) is 12.7. The number of hydrogen-bond acceptors (Lipinski definition) is 4. The van der Waals surface area contributed by atoms with E-state index < -0.39 is 0 Å². The maximum Gasteiger partial charge on any atom is 0.273 e. The van der Waals surface area contributed by atoms with Crippen LogP contribution in [0.4, 0.5) is 0 Å². The number of nitrogens with one attached hydrogen (secondary N) is 1. The zero-order chi connectivity index (χ0) is 15.9. The summed E-state index contributed by atoms with van der Waals surface area (Å²) in [6.45, 7) is 4.78. The Balaban J connectivity index is 2.12. The normalized spacial score (nSPS) is 10.3. The fourth-order valence-electron chi connectivity index (χ4n) is 2.00. The Morgan fingerprint density at radius 2 is 1.95 bits per heavy atom. The monoisotopic (exact) mass is 317 g/mol. The van der Waals surface area contributed by atoms with Gasteiger partial charge < -0.3 is 10.2 Å². The van der Waals surface area contributed by atoms with Gasteiger partial charge in [-0.05, 0) is 13.8 Å². The molecule has 6 heteroatoms. The molecule has 0 saturated heterocycles. The van der Waals surface area contributed by atoms with E-state index in [2.05, 4.69) is 10.3 Å². The number of hydrogen-bond donors (Lipinski definition) is 1. The second-order valence-corrected chi connectivity index (χ2v) is 5.53. The Morgan fingerprint density at radius 3 is 2.59 bits per heavy atom. The minimum atomic E-state index is -0.216. The molecule has 5 nitrogen and oxygen atoms in total. The molecule has 2 amide bonds. The molecule has 0 atom stereocenters. The second-order valence-electron chi connectivity index (χ2n) is 4.68. The van der Waals surface area contributed by atoms with Crippen molar-refractivity contribution in [2.75, 3.05) is 19.6 Å². The number of carbonyl (C=O) groups is 2. The van der Waals surface area contributed by atoms with Crippen molar-refractivity contribution in [3.63, 3.8) is 0 Å².